The van der Waals surface area contributed by atoms with Gasteiger partial charge in [0.25, 0.3) is 0 Å². The summed E-state index contributed by atoms with van der Waals surface area (Å²) in [6.07, 6.45) is -4.27. The second-order valence-corrected chi connectivity index (χ2v) is 10.6. The fourth-order valence-corrected chi connectivity index (χ4v) is 5.94. The highest BCUT2D eigenvalue weighted by Crippen LogP contribution is 2.36. The number of ether oxygens (including phenoxy) is 1. The molecule has 9 nitrogen and oxygen atoms in total. The molecule has 2 unspecified atom stereocenters. The monoisotopic (exact) mass is 559 g/mol. The number of amides is 1. The van der Waals surface area contributed by atoms with Crippen molar-refractivity contribution in [3.63, 3.8) is 0 Å². The van der Waals surface area contributed by atoms with Crippen molar-refractivity contribution >= 4 is 15.9 Å². The van der Waals surface area contributed by atoms with Gasteiger partial charge in [0.2, 0.25) is 21.8 Å². The van der Waals surface area contributed by atoms with E-state index in [1.54, 1.807) is 0 Å². The Morgan fingerprint density at radius 1 is 1.21 bits per heavy atom. The van der Waals surface area contributed by atoms with Gasteiger partial charge in [0.05, 0.1) is 29.5 Å². The number of carbonyl (C=O) groups excluding carboxylic acids is 1. The maximum atomic E-state index is 14.5. The first-order valence-electron chi connectivity index (χ1n) is 11.1. The lowest BCUT2D eigenvalue weighted by atomic mass is 9.98. The summed E-state index contributed by atoms with van der Waals surface area (Å²) in [7, 11) is -3.05. The van der Waals surface area contributed by atoms with Crippen LogP contribution in [0.5, 0.6) is 5.88 Å². The van der Waals surface area contributed by atoms with Gasteiger partial charge in [-0.05, 0) is 43.3 Å². The number of benzene rings is 1. The van der Waals surface area contributed by atoms with Crippen molar-refractivity contribution in [1.29, 1.82) is 0 Å². The zero-order valence-corrected chi connectivity index (χ0v) is 20.9. The highest BCUT2D eigenvalue weighted by atomic mass is 32.2. The number of hydrogen-bond acceptors (Lipinski definition) is 6. The lowest BCUT2D eigenvalue weighted by Gasteiger charge is -2.32. The molecular formula is C23H22F5N5O4S. The van der Waals surface area contributed by atoms with Crippen molar-refractivity contribution in [2.45, 2.75) is 42.7 Å². The second kappa shape index (κ2) is 9.94. The van der Waals surface area contributed by atoms with Crippen LogP contribution < -0.4 is 10.1 Å². The summed E-state index contributed by atoms with van der Waals surface area (Å²) in [5, 5.41) is 6.69. The summed E-state index contributed by atoms with van der Waals surface area (Å²) in [6, 6.07) is 5.90. The Balaban J connectivity index is 1.54. The lowest BCUT2D eigenvalue weighted by molar-refractivity contribution is -0.141. The summed E-state index contributed by atoms with van der Waals surface area (Å²) >= 11 is 0. The minimum Gasteiger partial charge on any atom is -0.480 e. The molecule has 1 aliphatic heterocycles. The molecule has 0 bridgehead atoms. The largest absolute Gasteiger partial charge is 0.480 e. The molecule has 15 heteroatoms. The SMILES string of the molecule is COc1nn(-c2ccc(C(F)(F)F)nc2)cc1CNC(=O)C1(C)CC(F)CN1S(=O)(=O)c1ccc(F)cc1. The molecule has 1 amide bonds. The quantitative estimate of drug-likeness (QED) is 0.446. The molecule has 0 saturated carbocycles. The smallest absolute Gasteiger partial charge is 0.433 e. The number of carbonyl (C=O) groups is 1. The molecule has 4 rings (SSSR count). The molecule has 2 aromatic heterocycles. The van der Waals surface area contributed by atoms with Gasteiger partial charge in [0, 0.05) is 25.7 Å². The predicted molar refractivity (Wildman–Crippen MR) is 123 cm³/mol. The Kier molecular flexibility index (Phi) is 7.18. The second-order valence-electron chi connectivity index (χ2n) is 8.76. The number of alkyl halides is 4. The van der Waals surface area contributed by atoms with E-state index in [2.05, 4.69) is 15.4 Å². The molecule has 0 radical (unpaired) electrons. The maximum absolute atomic E-state index is 14.5. The number of rotatable bonds is 7. The van der Waals surface area contributed by atoms with E-state index in [0.717, 1.165) is 46.9 Å². The van der Waals surface area contributed by atoms with Crippen LogP contribution in [0.15, 0.2) is 53.7 Å². The molecule has 0 aliphatic carbocycles. The van der Waals surface area contributed by atoms with Gasteiger partial charge in [-0.15, -0.1) is 5.10 Å². The van der Waals surface area contributed by atoms with Crippen molar-refractivity contribution in [2.75, 3.05) is 13.7 Å². The van der Waals surface area contributed by atoms with E-state index in [9.17, 15) is 35.2 Å². The van der Waals surface area contributed by atoms with Crippen molar-refractivity contribution in [3.05, 3.63) is 65.9 Å². The zero-order chi connectivity index (χ0) is 27.9. The first kappa shape index (κ1) is 27.4. The fourth-order valence-electron chi connectivity index (χ4n) is 4.16. The molecular weight excluding hydrogens is 537 g/mol. The molecule has 1 aromatic carbocycles. The molecule has 0 spiro atoms. The first-order chi connectivity index (χ1) is 17.8. The minimum atomic E-state index is -4.61. The molecule has 3 heterocycles. The van der Waals surface area contributed by atoms with Crippen LogP contribution in [0.3, 0.4) is 0 Å². The molecule has 3 aromatic rings. The standard InChI is InChI=1S/C23H22F5N5O4S/c1-22(9-16(25)13-33(22)38(35,36)18-6-3-15(24)4-7-18)21(34)30-10-14-12-32(31-20(14)37-2)17-5-8-19(29-11-17)23(26,27)28/h3-8,11-12,16H,9-10,13H2,1-2H3,(H,30,34). The van der Waals surface area contributed by atoms with Crippen molar-refractivity contribution in [2.24, 2.45) is 0 Å². The number of hydrogen-bond donors (Lipinski definition) is 1. The van der Waals surface area contributed by atoms with Crippen LogP contribution in [0.1, 0.15) is 24.6 Å². The fraction of sp³-hybridized carbons (Fsp3) is 0.348. The molecule has 1 fully saturated rings. The first-order valence-corrected chi connectivity index (χ1v) is 12.6. The molecule has 1 aliphatic rings. The number of nitrogens with one attached hydrogen (secondary N) is 1. The zero-order valence-electron chi connectivity index (χ0n) is 20.0. The van der Waals surface area contributed by atoms with Gasteiger partial charge in [0.15, 0.2) is 0 Å². The minimum absolute atomic E-state index is 0.0425. The van der Waals surface area contributed by atoms with Crippen molar-refractivity contribution in [3.8, 4) is 11.6 Å². The molecule has 2 atom stereocenters. The van der Waals surface area contributed by atoms with E-state index in [1.165, 1.54) is 24.9 Å². The number of halogens is 5. The van der Waals surface area contributed by atoms with Gasteiger partial charge in [-0.25, -0.2) is 26.9 Å². The van der Waals surface area contributed by atoms with Crippen molar-refractivity contribution in [1.82, 2.24) is 24.4 Å². The van der Waals surface area contributed by atoms with E-state index >= 15 is 0 Å². The Morgan fingerprint density at radius 2 is 1.89 bits per heavy atom. The molecule has 38 heavy (non-hydrogen) atoms. The van der Waals surface area contributed by atoms with Crippen molar-refractivity contribution < 1.29 is 39.9 Å². The van der Waals surface area contributed by atoms with Crippen LogP contribution in [0.4, 0.5) is 22.0 Å². The van der Waals surface area contributed by atoms with Crippen LogP contribution in [0.25, 0.3) is 5.69 Å². The number of methoxy groups -OCH3 is 1. The Morgan fingerprint density at radius 3 is 2.47 bits per heavy atom. The molecule has 1 N–H and O–H groups in total. The number of sulfonamides is 1. The Bertz CT molecular complexity index is 1430. The summed E-state index contributed by atoms with van der Waals surface area (Å²) in [5.41, 5.74) is -2.38. The van der Waals surface area contributed by atoms with Crippen LogP contribution in [0.2, 0.25) is 0 Å². The average Bonchev–Trinajstić information content (AvgIpc) is 3.43. The van der Waals surface area contributed by atoms with E-state index in [1.807, 2.05) is 0 Å². The topological polar surface area (TPSA) is 106 Å². The number of aromatic nitrogens is 3. The van der Waals surface area contributed by atoms with Crippen LogP contribution in [-0.2, 0) is 27.5 Å². The van der Waals surface area contributed by atoms with Gasteiger partial charge in [0.1, 0.15) is 23.2 Å². The molecule has 1 saturated heterocycles. The lowest BCUT2D eigenvalue weighted by Crippen LogP contribution is -2.55. The third-order valence-corrected chi connectivity index (χ3v) is 8.11. The Labute approximate surface area is 214 Å². The predicted octanol–water partition coefficient (Wildman–Crippen LogP) is 3.24. The summed E-state index contributed by atoms with van der Waals surface area (Å²) in [5.74, 6) is -1.41. The Hall–Kier alpha value is -3.59. The third-order valence-electron chi connectivity index (χ3n) is 6.11. The molecule has 204 valence electrons. The summed E-state index contributed by atoms with van der Waals surface area (Å²) in [6.45, 7) is 0.510. The van der Waals surface area contributed by atoms with E-state index < -0.39 is 58.3 Å². The normalized spacial score (nSPS) is 20.4. The van der Waals surface area contributed by atoms with Crippen LogP contribution in [-0.4, -0.2) is 58.8 Å². The van der Waals surface area contributed by atoms with E-state index in [0.29, 0.717) is 5.56 Å². The summed E-state index contributed by atoms with van der Waals surface area (Å²) in [4.78, 5) is 16.3. The van der Waals surface area contributed by atoms with Gasteiger partial charge in [-0.2, -0.15) is 17.5 Å². The van der Waals surface area contributed by atoms with E-state index in [4.69, 9.17) is 4.74 Å². The van der Waals surface area contributed by atoms with Gasteiger partial charge in [-0.3, -0.25) is 4.79 Å². The maximum Gasteiger partial charge on any atom is 0.433 e. The van der Waals surface area contributed by atoms with Gasteiger partial charge < -0.3 is 10.1 Å². The van der Waals surface area contributed by atoms with Gasteiger partial charge >= 0.3 is 6.18 Å². The van der Waals surface area contributed by atoms with Crippen LogP contribution in [0, 0.1) is 5.82 Å². The van der Waals surface area contributed by atoms with Gasteiger partial charge in [-0.1, -0.05) is 0 Å². The number of nitrogens with zero attached hydrogens (tertiary/aromatic N) is 4. The number of pyridine rings is 1. The summed E-state index contributed by atoms with van der Waals surface area (Å²) < 4.78 is 99.6. The van der Waals surface area contributed by atoms with E-state index in [-0.39, 0.29) is 23.0 Å². The average molecular weight is 560 g/mol. The highest BCUT2D eigenvalue weighted by molar-refractivity contribution is 7.89. The third kappa shape index (κ3) is 5.20. The van der Waals surface area contributed by atoms with Crippen LogP contribution >= 0.6 is 0 Å². The highest BCUT2D eigenvalue weighted by Gasteiger charge is 2.53.